The standard InChI is InChI=1S/C21H18N2O6S/c1-15-7-10-18(23(25)26)13-20(15)30(27,28)29-19-11-8-17(9-12-19)21(24)22-14-16-5-3-2-4-6-16/h2-13H,14H2,1H3,(H,22,24). The second-order valence-electron chi connectivity index (χ2n) is 6.44. The van der Waals surface area contributed by atoms with Gasteiger partial charge in [0, 0.05) is 24.2 Å². The third-order valence-corrected chi connectivity index (χ3v) is 5.66. The second kappa shape index (κ2) is 8.75. The van der Waals surface area contributed by atoms with Crippen LogP contribution < -0.4 is 9.50 Å². The zero-order valence-corrected chi connectivity index (χ0v) is 16.8. The molecule has 0 aliphatic carbocycles. The first-order chi connectivity index (χ1) is 14.3. The third kappa shape index (κ3) is 5.00. The molecule has 3 aromatic carbocycles. The number of non-ortho nitro benzene ring substituents is 1. The van der Waals surface area contributed by atoms with Crippen molar-refractivity contribution in [2.75, 3.05) is 0 Å². The van der Waals surface area contributed by atoms with Crippen molar-refractivity contribution in [3.05, 3.63) is 99.6 Å². The number of nitrogens with one attached hydrogen (secondary N) is 1. The van der Waals surface area contributed by atoms with Crippen LogP contribution in [0.15, 0.2) is 77.7 Å². The fourth-order valence-corrected chi connectivity index (χ4v) is 3.87. The van der Waals surface area contributed by atoms with Crippen molar-refractivity contribution in [3.8, 4) is 5.75 Å². The Kier molecular flexibility index (Phi) is 6.12. The number of nitro benzene ring substituents is 1. The van der Waals surface area contributed by atoms with Crippen molar-refractivity contribution in [2.45, 2.75) is 18.4 Å². The summed E-state index contributed by atoms with van der Waals surface area (Å²) in [5.41, 5.74) is 1.25. The van der Waals surface area contributed by atoms with E-state index in [1.807, 2.05) is 30.3 Å². The summed E-state index contributed by atoms with van der Waals surface area (Å²) in [5.74, 6) is -0.330. The number of benzene rings is 3. The number of amides is 1. The molecule has 1 amide bonds. The summed E-state index contributed by atoms with van der Waals surface area (Å²) in [7, 11) is -4.28. The number of nitro groups is 1. The van der Waals surface area contributed by atoms with Gasteiger partial charge in [-0.15, -0.1) is 0 Å². The molecular formula is C21H18N2O6S. The molecule has 0 saturated heterocycles. The normalized spacial score (nSPS) is 11.0. The van der Waals surface area contributed by atoms with E-state index in [0.717, 1.165) is 11.6 Å². The van der Waals surface area contributed by atoms with Gasteiger partial charge in [-0.3, -0.25) is 14.9 Å². The van der Waals surface area contributed by atoms with Crippen LogP contribution in [0, 0.1) is 17.0 Å². The zero-order valence-electron chi connectivity index (χ0n) is 15.9. The molecule has 3 aromatic rings. The van der Waals surface area contributed by atoms with Gasteiger partial charge in [-0.2, -0.15) is 8.42 Å². The van der Waals surface area contributed by atoms with Crippen molar-refractivity contribution in [1.82, 2.24) is 5.32 Å². The maximum Gasteiger partial charge on any atom is 0.339 e. The summed E-state index contributed by atoms with van der Waals surface area (Å²) < 4.78 is 30.2. The first-order valence-electron chi connectivity index (χ1n) is 8.88. The summed E-state index contributed by atoms with van der Waals surface area (Å²) in [6.45, 7) is 1.87. The van der Waals surface area contributed by atoms with Crippen molar-refractivity contribution in [2.24, 2.45) is 0 Å². The number of carbonyl (C=O) groups excluding carboxylic acids is 1. The maximum absolute atomic E-state index is 12.6. The number of carbonyl (C=O) groups is 1. The van der Waals surface area contributed by atoms with Crippen molar-refractivity contribution in [1.29, 1.82) is 0 Å². The Hall–Kier alpha value is -3.72. The van der Waals surface area contributed by atoms with Gasteiger partial charge in [0.15, 0.2) is 0 Å². The SMILES string of the molecule is Cc1ccc([N+](=O)[O-])cc1S(=O)(=O)Oc1ccc(C(=O)NCc2ccccc2)cc1. The van der Waals surface area contributed by atoms with Gasteiger partial charge in [0.25, 0.3) is 11.6 Å². The molecule has 0 fully saturated rings. The van der Waals surface area contributed by atoms with Gasteiger partial charge in [0.1, 0.15) is 10.6 Å². The third-order valence-electron chi connectivity index (χ3n) is 4.27. The number of aryl methyl sites for hydroxylation is 1. The lowest BCUT2D eigenvalue weighted by Gasteiger charge is -2.10. The molecule has 0 radical (unpaired) electrons. The van der Waals surface area contributed by atoms with Crippen LogP contribution in [-0.4, -0.2) is 19.2 Å². The van der Waals surface area contributed by atoms with Crippen LogP contribution in [0.3, 0.4) is 0 Å². The monoisotopic (exact) mass is 426 g/mol. The van der Waals surface area contributed by atoms with Crippen LogP contribution in [0.1, 0.15) is 21.5 Å². The zero-order chi connectivity index (χ0) is 21.7. The number of hydrogen-bond acceptors (Lipinski definition) is 6. The predicted molar refractivity (Wildman–Crippen MR) is 110 cm³/mol. The summed E-state index contributed by atoms with van der Waals surface area (Å²) in [4.78, 5) is 22.2. The topological polar surface area (TPSA) is 116 Å². The molecule has 3 rings (SSSR count). The molecule has 8 nitrogen and oxygen atoms in total. The average molecular weight is 426 g/mol. The van der Waals surface area contributed by atoms with Gasteiger partial charge >= 0.3 is 10.1 Å². The minimum Gasteiger partial charge on any atom is -0.379 e. The molecule has 0 heterocycles. The van der Waals surface area contributed by atoms with Crippen LogP contribution in [0.5, 0.6) is 5.75 Å². The van der Waals surface area contributed by atoms with E-state index in [4.69, 9.17) is 4.18 Å². The van der Waals surface area contributed by atoms with E-state index in [1.54, 1.807) is 0 Å². The molecule has 1 N–H and O–H groups in total. The molecule has 0 atom stereocenters. The summed E-state index contributed by atoms with van der Waals surface area (Å²) in [6, 6.07) is 18.5. The van der Waals surface area contributed by atoms with Gasteiger partial charge in [-0.1, -0.05) is 36.4 Å². The lowest BCUT2D eigenvalue weighted by molar-refractivity contribution is -0.385. The molecular weight excluding hydrogens is 408 g/mol. The number of hydrogen-bond donors (Lipinski definition) is 1. The molecule has 0 aliphatic heterocycles. The molecule has 30 heavy (non-hydrogen) atoms. The van der Waals surface area contributed by atoms with E-state index < -0.39 is 15.0 Å². The summed E-state index contributed by atoms with van der Waals surface area (Å²) in [5, 5.41) is 13.7. The highest BCUT2D eigenvalue weighted by Gasteiger charge is 2.22. The Balaban J connectivity index is 1.71. The Bertz CT molecular complexity index is 1180. The molecule has 9 heteroatoms. The van der Waals surface area contributed by atoms with Crippen LogP contribution in [0.4, 0.5) is 5.69 Å². The largest absolute Gasteiger partial charge is 0.379 e. The average Bonchev–Trinajstić information content (AvgIpc) is 2.73. The first-order valence-corrected chi connectivity index (χ1v) is 10.3. The van der Waals surface area contributed by atoms with E-state index in [0.29, 0.717) is 17.7 Å². The molecule has 0 bridgehead atoms. The van der Waals surface area contributed by atoms with Crippen molar-refractivity contribution in [3.63, 3.8) is 0 Å². The molecule has 0 aliphatic rings. The van der Waals surface area contributed by atoms with Gasteiger partial charge in [-0.25, -0.2) is 0 Å². The molecule has 154 valence electrons. The Morgan fingerprint density at radius 2 is 1.70 bits per heavy atom. The van der Waals surface area contributed by atoms with Gasteiger partial charge in [0.2, 0.25) is 0 Å². The lowest BCUT2D eigenvalue weighted by Crippen LogP contribution is -2.22. The number of rotatable bonds is 7. The van der Waals surface area contributed by atoms with E-state index in [2.05, 4.69) is 5.32 Å². The minimum absolute atomic E-state index is 0.0134. The molecule has 0 spiro atoms. The Labute approximate surface area is 173 Å². The van der Waals surface area contributed by atoms with E-state index in [-0.39, 0.29) is 22.2 Å². The van der Waals surface area contributed by atoms with Crippen LogP contribution >= 0.6 is 0 Å². The maximum atomic E-state index is 12.6. The van der Waals surface area contributed by atoms with E-state index in [1.165, 1.54) is 43.3 Å². The highest BCUT2D eigenvalue weighted by molar-refractivity contribution is 7.87. The van der Waals surface area contributed by atoms with E-state index in [9.17, 15) is 23.3 Å². The smallest absolute Gasteiger partial charge is 0.339 e. The minimum atomic E-state index is -4.28. The number of nitrogens with zero attached hydrogens (tertiary/aromatic N) is 1. The Morgan fingerprint density at radius 3 is 2.33 bits per heavy atom. The predicted octanol–water partition coefficient (Wildman–Crippen LogP) is 3.60. The molecule has 0 saturated carbocycles. The lowest BCUT2D eigenvalue weighted by atomic mass is 10.2. The van der Waals surface area contributed by atoms with Gasteiger partial charge in [-0.05, 0) is 42.3 Å². The van der Waals surface area contributed by atoms with E-state index >= 15 is 0 Å². The van der Waals surface area contributed by atoms with Crippen LogP contribution in [0.2, 0.25) is 0 Å². The van der Waals surface area contributed by atoms with Crippen LogP contribution in [-0.2, 0) is 16.7 Å². The molecule has 0 unspecified atom stereocenters. The second-order valence-corrected chi connectivity index (χ2v) is 7.95. The van der Waals surface area contributed by atoms with Crippen molar-refractivity contribution < 1.29 is 22.3 Å². The Morgan fingerprint density at radius 1 is 1.03 bits per heavy atom. The quantitative estimate of drug-likeness (QED) is 0.351. The fraction of sp³-hybridized carbons (Fsp3) is 0.0952. The first kappa shape index (κ1) is 21.0. The summed E-state index contributed by atoms with van der Waals surface area (Å²) in [6.07, 6.45) is 0. The fourth-order valence-electron chi connectivity index (χ4n) is 2.69. The highest BCUT2D eigenvalue weighted by Crippen LogP contribution is 2.25. The van der Waals surface area contributed by atoms with Crippen molar-refractivity contribution >= 4 is 21.7 Å². The molecule has 0 aromatic heterocycles. The highest BCUT2D eigenvalue weighted by atomic mass is 32.2. The van der Waals surface area contributed by atoms with Crippen LogP contribution in [0.25, 0.3) is 0 Å². The van der Waals surface area contributed by atoms with Gasteiger partial charge in [0.05, 0.1) is 4.92 Å². The summed E-state index contributed by atoms with van der Waals surface area (Å²) >= 11 is 0. The van der Waals surface area contributed by atoms with Gasteiger partial charge < -0.3 is 9.50 Å².